The van der Waals surface area contributed by atoms with Crippen LogP contribution in [0.15, 0.2) is 12.4 Å². The Morgan fingerprint density at radius 3 is 1.91 bits per heavy atom. The molecule has 1 saturated heterocycles. The van der Waals surface area contributed by atoms with Gasteiger partial charge in [0.15, 0.2) is 0 Å². The van der Waals surface area contributed by atoms with Crippen molar-refractivity contribution in [2.75, 3.05) is 27.2 Å². The average molecular weight is 154 g/mol. The first kappa shape index (κ1) is 8.44. The van der Waals surface area contributed by atoms with Gasteiger partial charge in [-0.25, -0.2) is 0 Å². The van der Waals surface area contributed by atoms with Crippen LogP contribution in [0.4, 0.5) is 0 Å². The molecule has 0 bridgehead atoms. The fraction of sp³-hybridized carbons (Fsp3) is 0.778. The minimum atomic E-state index is 1.16. The van der Waals surface area contributed by atoms with Crippen molar-refractivity contribution in [2.45, 2.75) is 19.3 Å². The van der Waals surface area contributed by atoms with Crippen molar-refractivity contribution < 1.29 is 0 Å². The summed E-state index contributed by atoms with van der Waals surface area (Å²) in [5.41, 5.74) is 0. The lowest BCUT2D eigenvalue weighted by Gasteiger charge is -2.32. The molecule has 1 heterocycles. The first-order valence-electron chi connectivity index (χ1n) is 4.33. The molecular formula is C9H18N2. The van der Waals surface area contributed by atoms with Crippen molar-refractivity contribution in [1.29, 1.82) is 0 Å². The van der Waals surface area contributed by atoms with Gasteiger partial charge in [0, 0.05) is 27.2 Å². The van der Waals surface area contributed by atoms with Crippen LogP contribution in [0.3, 0.4) is 0 Å². The maximum Gasteiger partial charge on any atom is 0.0959 e. The topological polar surface area (TPSA) is 6.48 Å². The highest BCUT2D eigenvalue weighted by Crippen LogP contribution is 2.11. The van der Waals surface area contributed by atoms with Gasteiger partial charge in [0.2, 0.25) is 0 Å². The molecule has 64 valence electrons. The van der Waals surface area contributed by atoms with Crippen molar-refractivity contribution in [3.05, 3.63) is 12.4 Å². The molecule has 1 fully saturated rings. The fourth-order valence-electron chi connectivity index (χ4n) is 1.42. The van der Waals surface area contributed by atoms with Crippen LogP contribution in [0.25, 0.3) is 0 Å². The average Bonchev–Trinajstić information content (AvgIpc) is 2.00. The molecule has 1 aliphatic heterocycles. The van der Waals surface area contributed by atoms with E-state index >= 15 is 0 Å². The van der Waals surface area contributed by atoms with Crippen LogP contribution in [-0.2, 0) is 0 Å². The van der Waals surface area contributed by atoms with E-state index in [1.807, 2.05) is 0 Å². The lowest BCUT2D eigenvalue weighted by Crippen LogP contribution is -2.32. The summed E-state index contributed by atoms with van der Waals surface area (Å²) in [6, 6.07) is 0. The van der Waals surface area contributed by atoms with Gasteiger partial charge >= 0.3 is 0 Å². The van der Waals surface area contributed by atoms with Crippen LogP contribution in [-0.4, -0.2) is 37.0 Å². The first-order valence-corrected chi connectivity index (χ1v) is 4.33. The predicted octanol–water partition coefficient (Wildman–Crippen LogP) is 1.51. The fourth-order valence-corrected chi connectivity index (χ4v) is 1.42. The third kappa shape index (κ3) is 2.14. The summed E-state index contributed by atoms with van der Waals surface area (Å²) in [6.07, 6.45) is 3.97. The van der Waals surface area contributed by atoms with Gasteiger partial charge in [-0.05, 0) is 19.3 Å². The molecule has 0 aromatic rings. The van der Waals surface area contributed by atoms with Gasteiger partial charge in [0.1, 0.15) is 0 Å². The second-order valence-corrected chi connectivity index (χ2v) is 3.32. The van der Waals surface area contributed by atoms with E-state index in [2.05, 4.69) is 30.5 Å². The molecule has 0 spiro atoms. The molecule has 0 aliphatic carbocycles. The second-order valence-electron chi connectivity index (χ2n) is 3.32. The van der Waals surface area contributed by atoms with Gasteiger partial charge in [-0.2, -0.15) is 0 Å². The van der Waals surface area contributed by atoms with Crippen LogP contribution in [0.5, 0.6) is 0 Å². The highest BCUT2D eigenvalue weighted by atomic mass is 15.3. The Kier molecular flexibility index (Phi) is 2.80. The molecule has 0 aromatic carbocycles. The summed E-state index contributed by atoms with van der Waals surface area (Å²) < 4.78 is 0. The minimum absolute atomic E-state index is 1.16. The Labute approximate surface area is 69.5 Å². The molecule has 0 radical (unpaired) electrons. The summed E-state index contributed by atoms with van der Waals surface area (Å²) in [7, 11) is 4.23. The maximum atomic E-state index is 4.03. The maximum absolute atomic E-state index is 4.03. The van der Waals surface area contributed by atoms with Gasteiger partial charge in [-0.1, -0.05) is 6.58 Å². The van der Waals surface area contributed by atoms with Gasteiger partial charge < -0.3 is 9.80 Å². The van der Waals surface area contributed by atoms with E-state index in [0.717, 1.165) is 18.9 Å². The van der Waals surface area contributed by atoms with Gasteiger partial charge in [-0.15, -0.1) is 0 Å². The Hall–Kier alpha value is -0.660. The molecule has 0 saturated carbocycles. The van der Waals surface area contributed by atoms with E-state index in [9.17, 15) is 0 Å². The van der Waals surface area contributed by atoms with Gasteiger partial charge in [0.05, 0.1) is 5.82 Å². The molecule has 2 heteroatoms. The summed E-state index contributed by atoms with van der Waals surface area (Å²) in [5, 5.41) is 0. The number of hydrogen-bond acceptors (Lipinski definition) is 2. The highest BCUT2D eigenvalue weighted by molar-refractivity contribution is 4.91. The summed E-state index contributed by atoms with van der Waals surface area (Å²) in [5.74, 6) is 1.16. The van der Waals surface area contributed by atoms with E-state index in [0.29, 0.717) is 0 Å². The first-order chi connectivity index (χ1) is 5.22. The Balaban J connectivity index is 2.49. The van der Waals surface area contributed by atoms with Crippen molar-refractivity contribution in [2.24, 2.45) is 0 Å². The Bertz CT molecular complexity index is 128. The highest BCUT2D eigenvalue weighted by Gasteiger charge is 2.09. The van der Waals surface area contributed by atoms with E-state index in [4.69, 9.17) is 0 Å². The number of hydrogen-bond donors (Lipinski definition) is 0. The van der Waals surface area contributed by atoms with Crippen molar-refractivity contribution >= 4 is 0 Å². The molecule has 2 nitrogen and oxygen atoms in total. The van der Waals surface area contributed by atoms with E-state index in [1.165, 1.54) is 19.3 Å². The molecule has 0 atom stereocenters. The zero-order chi connectivity index (χ0) is 8.27. The van der Waals surface area contributed by atoms with Crippen LogP contribution in [0.1, 0.15) is 19.3 Å². The normalized spacial score (nSPS) is 21.5. The largest absolute Gasteiger partial charge is 0.362 e. The zero-order valence-electron chi connectivity index (χ0n) is 7.64. The van der Waals surface area contributed by atoms with E-state index in [1.54, 1.807) is 0 Å². The number of rotatable bonds is 0. The zero-order valence-corrected chi connectivity index (χ0v) is 7.64. The second kappa shape index (κ2) is 3.65. The molecule has 1 aliphatic rings. The van der Waals surface area contributed by atoms with Crippen LogP contribution in [0, 0.1) is 0 Å². The van der Waals surface area contributed by atoms with Gasteiger partial charge in [0.25, 0.3) is 0 Å². The molecule has 1 rings (SSSR count). The van der Waals surface area contributed by atoms with E-state index < -0.39 is 0 Å². The standard InChI is InChI=1S/C9H18N2/c1-9-10(2)7-5-4-6-8-11(9)3/h1,4-8H2,2-3H3. The lowest BCUT2D eigenvalue weighted by molar-refractivity contribution is 0.242. The van der Waals surface area contributed by atoms with Crippen LogP contribution >= 0.6 is 0 Å². The third-order valence-corrected chi connectivity index (χ3v) is 2.37. The van der Waals surface area contributed by atoms with Crippen molar-refractivity contribution in [3.8, 4) is 0 Å². The Morgan fingerprint density at radius 1 is 1.00 bits per heavy atom. The van der Waals surface area contributed by atoms with E-state index in [-0.39, 0.29) is 0 Å². The molecule has 0 unspecified atom stereocenters. The molecule has 0 amide bonds. The quantitative estimate of drug-likeness (QED) is 0.522. The van der Waals surface area contributed by atoms with Crippen LogP contribution < -0.4 is 0 Å². The summed E-state index contributed by atoms with van der Waals surface area (Å²) in [6.45, 7) is 6.34. The monoisotopic (exact) mass is 154 g/mol. The molecular weight excluding hydrogens is 136 g/mol. The molecule has 0 aromatic heterocycles. The molecule has 11 heavy (non-hydrogen) atoms. The summed E-state index contributed by atoms with van der Waals surface area (Å²) >= 11 is 0. The number of nitrogens with zero attached hydrogens (tertiary/aromatic N) is 2. The third-order valence-electron chi connectivity index (χ3n) is 2.37. The smallest absolute Gasteiger partial charge is 0.0959 e. The Morgan fingerprint density at radius 2 is 1.45 bits per heavy atom. The minimum Gasteiger partial charge on any atom is -0.362 e. The van der Waals surface area contributed by atoms with Crippen molar-refractivity contribution in [1.82, 2.24) is 9.80 Å². The van der Waals surface area contributed by atoms with Crippen LogP contribution in [0.2, 0.25) is 0 Å². The lowest BCUT2D eigenvalue weighted by atomic mass is 10.2. The van der Waals surface area contributed by atoms with Gasteiger partial charge in [-0.3, -0.25) is 0 Å². The molecule has 0 N–H and O–H groups in total. The predicted molar refractivity (Wildman–Crippen MR) is 48.3 cm³/mol. The summed E-state index contributed by atoms with van der Waals surface area (Å²) in [4.78, 5) is 4.47. The van der Waals surface area contributed by atoms with Crippen molar-refractivity contribution in [3.63, 3.8) is 0 Å². The SMILES string of the molecule is C=C1N(C)CCCCCN1C.